The fourth-order valence-corrected chi connectivity index (χ4v) is 3.51. The quantitative estimate of drug-likeness (QED) is 0.590. The Balaban J connectivity index is 2.11. The van der Waals surface area contributed by atoms with E-state index in [0.29, 0.717) is 12.3 Å². The third-order valence-corrected chi connectivity index (χ3v) is 5.88. The SMILES string of the molecule is CCOc1ccc(NC(=O)[C@H](C)NC(=O)Nc2ccccc2)cc1S(=O)(=O)N(C)C. The van der Waals surface area contributed by atoms with E-state index in [1.165, 1.54) is 39.2 Å². The van der Waals surface area contributed by atoms with E-state index in [-0.39, 0.29) is 16.3 Å². The van der Waals surface area contributed by atoms with Crippen LogP contribution in [-0.2, 0) is 14.8 Å². The predicted octanol–water partition coefficient (Wildman–Crippen LogP) is 2.48. The van der Waals surface area contributed by atoms with Crippen molar-refractivity contribution in [2.75, 3.05) is 31.3 Å². The number of hydrogen-bond donors (Lipinski definition) is 3. The van der Waals surface area contributed by atoms with Gasteiger partial charge in [-0.1, -0.05) is 18.2 Å². The number of benzene rings is 2. The van der Waals surface area contributed by atoms with Crippen LogP contribution in [0.15, 0.2) is 53.4 Å². The number of para-hydroxylation sites is 1. The number of sulfonamides is 1. The predicted molar refractivity (Wildman–Crippen MR) is 115 cm³/mol. The van der Waals surface area contributed by atoms with Crippen molar-refractivity contribution in [1.29, 1.82) is 0 Å². The minimum atomic E-state index is -3.78. The summed E-state index contributed by atoms with van der Waals surface area (Å²) in [5.74, 6) is -0.312. The molecule has 0 aliphatic carbocycles. The molecule has 0 saturated heterocycles. The van der Waals surface area contributed by atoms with Crippen molar-refractivity contribution in [2.24, 2.45) is 0 Å². The molecule has 0 aliphatic heterocycles. The third kappa shape index (κ3) is 5.94. The van der Waals surface area contributed by atoms with Crippen LogP contribution in [0.25, 0.3) is 0 Å². The third-order valence-electron chi connectivity index (χ3n) is 4.04. The number of hydrogen-bond acceptors (Lipinski definition) is 5. The fourth-order valence-electron chi connectivity index (χ4n) is 2.46. The van der Waals surface area contributed by atoms with E-state index in [4.69, 9.17) is 4.74 Å². The molecule has 0 radical (unpaired) electrons. The zero-order valence-electron chi connectivity index (χ0n) is 17.3. The van der Waals surface area contributed by atoms with Gasteiger partial charge in [0.05, 0.1) is 6.61 Å². The Labute approximate surface area is 176 Å². The van der Waals surface area contributed by atoms with Gasteiger partial charge in [0.25, 0.3) is 0 Å². The number of rotatable bonds is 8. The summed E-state index contributed by atoms with van der Waals surface area (Å²) in [6, 6.07) is 11.8. The summed E-state index contributed by atoms with van der Waals surface area (Å²) in [5.41, 5.74) is 0.855. The van der Waals surface area contributed by atoms with Gasteiger partial charge in [-0.15, -0.1) is 0 Å². The number of carbonyl (C=O) groups excluding carboxylic acids is 2. The molecular formula is C20H26N4O5S. The number of urea groups is 1. The summed E-state index contributed by atoms with van der Waals surface area (Å²) in [5, 5.41) is 7.76. The van der Waals surface area contributed by atoms with Crippen LogP contribution in [0.1, 0.15) is 13.8 Å². The molecule has 0 aromatic heterocycles. The Morgan fingerprint density at radius 1 is 1.03 bits per heavy atom. The van der Waals surface area contributed by atoms with Crippen molar-refractivity contribution < 1.29 is 22.7 Å². The molecule has 0 fully saturated rings. The van der Waals surface area contributed by atoms with Crippen molar-refractivity contribution in [3.05, 3.63) is 48.5 Å². The molecule has 1 atom stereocenters. The van der Waals surface area contributed by atoms with Crippen molar-refractivity contribution in [1.82, 2.24) is 9.62 Å². The molecule has 2 rings (SSSR count). The van der Waals surface area contributed by atoms with Crippen molar-refractivity contribution in [3.63, 3.8) is 0 Å². The van der Waals surface area contributed by atoms with E-state index in [1.54, 1.807) is 31.2 Å². The lowest BCUT2D eigenvalue weighted by molar-refractivity contribution is -0.117. The number of carbonyl (C=O) groups is 2. The Kier molecular flexibility index (Phi) is 7.79. The normalized spacial score (nSPS) is 12.2. The van der Waals surface area contributed by atoms with Gasteiger partial charge in [0, 0.05) is 25.5 Å². The summed E-state index contributed by atoms with van der Waals surface area (Å²) in [6.07, 6.45) is 0. The minimum absolute atomic E-state index is 0.0606. The topological polar surface area (TPSA) is 117 Å². The number of nitrogens with one attached hydrogen (secondary N) is 3. The van der Waals surface area contributed by atoms with Crippen LogP contribution in [0.4, 0.5) is 16.2 Å². The Morgan fingerprint density at radius 3 is 2.30 bits per heavy atom. The molecule has 0 bridgehead atoms. The van der Waals surface area contributed by atoms with Crippen molar-refractivity contribution in [3.8, 4) is 5.75 Å². The number of nitrogens with zero attached hydrogens (tertiary/aromatic N) is 1. The van der Waals surface area contributed by atoms with E-state index in [0.717, 1.165) is 4.31 Å². The maximum Gasteiger partial charge on any atom is 0.319 e. The highest BCUT2D eigenvalue weighted by atomic mass is 32.2. The molecule has 0 heterocycles. The first-order chi connectivity index (χ1) is 14.1. The Bertz CT molecular complexity index is 994. The van der Waals surface area contributed by atoms with Crippen LogP contribution in [0.2, 0.25) is 0 Å². The minimum Gasteiger partial charge on any atom is -0.492 e. The van der Waals surface area contributed by atoms with Crippen molar-refractivity contribution in [2.45, 2.75) is 24.8 Å². The van der Waals surface area contributed by atoms with E-state index in [1.807, 2.05) is 6.07 Å². The molecule has 0 saturated carbocycles. The lowest BCUT2D eigenvalue weighted by Crippen LogP contribution is -2.43. The molecule has 3 N–H and O–H groups in total. The Hall–Kier alpha value is -3.11. The molecule has 2 aromatic rings. The van der Waals surface area contributed by atoms with Crippen molar-refractivity contribution >= 4 is 33.3 Å². The Morgan fingerprint density at radius 2 is 1.70 bits per heavy atom. The number of anilines is 2. The second-order valence-electron chi connectivity index (χ2n) is 6.56. The first-order valence-electron chi connectivity index (χ1n) is 9.28. The van der Waals surface area contributed by atoms with Gasteiger partial charge in [0.15, 0.2) is 0 Å². The molecule has 9 nitrogen and oxygen atoms in total. The van der Waals surface area contributed by atoms with Gasteiger partial charge in [-0.3, -0.25) is 4.79 Å². The maximum atomic E-state index is 12.6. The summed E-state index contributed by atoms with van der Waals surface area (Å²) < 4.78 is 31.6. The molecule has 30 heavy (non-hydrogen) atoms. The van der Waals surface area contributed by atoms with Crippen LogP contribution in [0.3, 0.4) is 0 Å². The zero-order chi connectivity index (χ0) is 22.3. The molecular weight excluding hydrogens is 408 g/mol. The van der Waals surface area contributed by atoms with Crippen LogP contribution >= 0.6 is 0 Å². The maximum absolute atomic E-state index is 12.6. The van der Waals surface area contributed by atoms with Crippen LogP contribution in [0, 0.1) is 0 Å². The highest BCUT2D eigenvalue weighted by Gasteiger charge is 2.24. The molecule has 162 valence electrons. The fraction of sp³-hybridized carbons (Fsp3) is 0.300. The smallest absolute Gasteiger partial charge is 0.319 e. The summed E-state index contributed by atoms with van der Waals surface area (Å²) in [4.78, 5) is 24.5. The lowest BCUT2D eigenvalue weighted by atomic mass is 10.2. The van der Waals surface area contributed by atoms with Crippen LogP contribution in [0.5, 0.6) is 5.75 Å². The highest BCUT2D eigenvalue weighted by Crippen LogP contribution is 2.29. The molecule has 0 spiro atoms. The van der Waals surface area contributed by atoms with E-state index < -0.39 is 28.0 Å². The number of amides is 3. The standard InChI is InChI=1S/C20H26N4O5S/c1-5-29-17-12-11-16(13-18(17)30(27,28)24(3)4)22-19(25)14(2)21-20(26)23-15-9-7-6-8-10-15/h6-14H,5H2,1-4H3,(H,22,25)(H2,21,23,26)/t14-/m0/s1. The average molecular weight is 435 g/mol. The summed E-state index contributed by atoms with van der Waals surface area (Å²) in [6.45, 7) is 3.56. The van der Waals surface area contributed by atoms with E-state index >= 15 is 0 Å². The molecule has 10 heteroatoms. The lowest BCUT2D eigenvalue weighted by Gasteiger charge is -2.18. The van der Waals surface area contributed by atoms with Gasteiger partial charge in [0.2, 0.25) is 15.9 Å². The zero-order valence-corrected chi connectivity index (χ0v) is 18.1. The second kappa shape index (κ2) is 10.1. The largest absolute Gasteiger partial charge is 0.492 e. The van der Waals surface area contributed by atoms with Gasteiger partial charge in [-0.25, -0.2) is 17.5 Å². The monoisotopic (exact) mass is 434 g/mol. The number of ether oxygens (including phenoxy) is 1. The van der Waals surface area contributed by atoms with Crippen LogP contribution < -0.4 is 20.7 Å². The molecule has 0 unspecified atom stereocenters. The van der Waals surface area contributed by atoms with Gasteiger partial charge in [-0.2, -0.15) is 0 Å². The molecule has 3 amide bonds. The highest BCUT2D eigenvalue weighted by molar-refractivity contribution is 7.89. The van der Waals surface area contributed by atoms with Gasteiger partial charge >= 0.3 is 6.03 Å². The summed E-state index contributed by atoms with van der Waals surface area (Å²) >= 11 is 0. The average Bonchev–Trinajstić information content (AvgIpc) is 2.69. The van der Waals surface area contributed by atoms with Crippen LogP contribution in [-0.4, -0.2) is 51.4 Å². The van der Waals surface area contributed by atoms with E-state index in [9.17, 15) is 18.0 Å². The van der Waals surface area contributed by atoms with E-state index in [2.05, 4.69) is 16.0 Å². The van der Waals surface area contributed by atoms with Gasteiger partial charge in [-0.05, 0) is 44.2 Å². The summed E-state index contributed by atoms with van der Waals surface area (Å²) in [7, 11) is -0.964. The molecule has 0 aliphatic rings. The first kappa shape index (κ1) is 23.2. The first-order valence-corrected chi connectivity index (χ1v) is 10.7. The van der Waals surface area contributed by atoms with Gasteiger partial charge < -0.3 is 20.7 Å². The molecule has 2 aromatic carbocycles. The second-order valence-corrected chi connectivity index (χ2v) is 8.68. The van der Waals surface area contributed by atoms with Gasteiger partial charge in [0.1, 0.15) is 16.7 Å².